The first-order valence-corrected chi connectivity index (χ1v) is 23.2. The van der Waals surface area contributed by atoms with Crippen LogP contribution in [0.3, 0.4) is 0 Å². The molecule has 0 N–H and O–H groups in total. The van der Waals surface area contributed by atoms with Crippen LogP contribution in [-0.4, -0.2) is 43.0 Å². The molecule has 0 saturated carbocycles. The van der Waals surface area contributed by atoms with Crippen molar-refractivity contribution in [3.05, 3.63) is 0 Å². The average molecular weight is 427 g/mol. The SMILES string of the molecule is CC(C)(C)C[SiH](O[Si](C)(C)O[Si](C)(C)C)O[Si](C)(C)O[Si](C)(C)C. The van der Waals surface area contributed by atoms with Gasteiger partial charge in [0.25, 0.3) is 0 Å². The lowest BCUT2D eigenvalue weighted by Crippen LogP contribution is -2.54. The van der Waals surface area contributed by atoms with E-state index in [1.54, 1.807) is 0 Å². The highest BCUT2D eigenvalue weighted by Gasteiger charge is 2.41. The zero-order chi connectivity index (χ0) is 19.6. The lowest BCUT2D eigenvalue weighted by molar-refractivity contribution is 0.297. The van der Waals surface area contributed by atoms with Crippen molar-refractivity contribution in [1.82, 2.24) is 0 Å². The minimum atomic E-state index is -2.18. The van der Waals surface area contributed by atoms with E-state index in [-0.39, 0.29) is 5.41 Å². The molecule has 0 aromatic rings. The van der Waals surface area contributed by atoms with E-state index in [2.05, 4.69) is 86.2 Å². The van der Waals surface area contributed by atoms with Crippen LogP contribution in [0.1, 0.15) is 20.8 Å². The molecule has 146 valence electrons. The maximum absolute atomic E-state index is 6.58. The van der Waals surface area contributed by atoms with E-state index in [1.807, 2.05) is 0 Å². The van der Waals surface area contributed by atoms with Crippen molar-refractivity contribution < 1.29 is 16.5 Å². The second-order valence-electron chi connectivity index (χ2n) is 10.7. The van der Waals surface area contributed by atoms with Crippen LogP contribution in [0.2, 0.25) is 71.5 Å². The summed E-state index contributed by atoms with van der Waals surface area (Å²) in [6, 6.07) is 0.976. The highest BCUT2D eigenvalue weighted by atomic mass is 28.5. The molecule has 0 aliphatic heterocycles. The quantitative estimate of drug-likeness (QED) is 0.463. The van der Waals surface area contributed by atoms with Crippen LogP contribution < -0.4 is 0 Å². The third kappa shape index (κ3) is 14.1. The number of hydrogen-bond donors (Lipinski definition) is 0. The van der Waals surface area contributed by atoms with Gasteiger partial charge >= 0.3 is 26.4 Å². The van der Waals surface area contributed by atoms with Crippen LogP contribution in [0, 0.1) is 5.41 Å². The first kappa shape index (κ1) is 24.9. The molecule has 0 fully saturated rings. The normalized spacial score (nSPS) is 15.2. The van der Waals surface area contributed by atoms with Crippen LogP contribution in [0.5, 0.6) is 0 Å². The first-order chi connectivity index (χ1) is 10.2. The average Bonchev–Trinajstić information content (AvgIpc) is 2.00. The summed E-state index contributed by atoms with van der Waals surface area (Å²) in [7, 11) is -9.49. The summed E-state index contributed by atoms with van der Waals surface area (Å²) in [5.74, 6) is 0. The molecule has 0 amide bonds. The maximum Gasteiger partial charge on any atom is 0.312 e. The van der Waals surface area contributed by atoms with E-state index in [9.17, 15) is 0 Å². The van der Waals surface area contributed by atoms with Crippen molar-refractivity contribution >= 4 is 43.0 Å². The topological polar surface area (TPSA) is 36.9 Å². The maximum atomic E-state index is 6.58. The van der Waals surface area contributed by atoms with Crippen LogP contribution in [0.15, 0.2) is 0 Å². The molecule has 0 saturated heterocycles. The summed E-state index contributed by atoms with van der Waals surface area (Å²) < 4.78 is 25.9. The number of hydrogen-bond acceptors (Lipinski definition) is 4. The standard InChI is InChI=1S/C15H42O4Si5/c1-15(2,3)14-20(16-23(10,11)18-21(4,5)6)17-24(12,13)19-22(7,8)9/h20H,14H2,1-13H3. The molecule has 9 heteroatoms. The fourth-order valence-electron chi connectivity index (χ4n) is 2.76. The summed E-state index contributed by atoms with van der Waals surface area (Å²) in [6.07, 6.45) is 0. The highest BCUT2D eigenvalue weighted by Crippen LogP contribution is 2.28. The molecule has 24 heavy (non-hydrogen) atoms. The molecule has 0 aliphatic carbocycles. The zero-order valence-corrected chi connectivity index (χ0v) is 23.6. The Balaban J connectivity index is 5.19. The van der Waals surface area contributed by atoms with Gasteiger partial charge in [-0.2, -0.15) is 0 Å². The van der Waals surface area contributed by atoms with Gasteiger partial charge in [0.15, 0.2) is 16.6 Å². The Morgan fingerprint density at radius 3 is 1.12 bits per heavy atom. The zero-order valence-electron chi connectivity index (χ0n) is 18.4. The van der Waals surface area contributed by atoms with Gasteiger partial charge in [0.1, 0.15) is 0 Å². The van der Waals surface area contributed by atoms with Crippen LogP contribution in [-0.2, 0) is 16.5 Å². The predicted octanol–water partition coefficient (Wildman–Crippen LogP) is 5.39. The molecular weight excluding hydrogens is 385 g/mol. The van der Waals surface area contributed by atoms with Gasteiger partial charge in [-0.15, -0.1) is 0 Å². The monoisotopic (exact) mass is 426 g/mol. The van der Waals surface area contributed by atoms with Crippen molar-refractivity contribution in [2.24, 2.45) is 5.41 Å². The van der Waals surface area contributed by atoms with Gasteiger partial charge < -0.3 is 16.5 Å². The Hall–Kier alpha value is 0.924. The molecule has 0 spiro atoms. The Kier molecular flexibility index (Phi) is 8.62. The summed E-state index contributed by atoms with van der Waals surface area (Å²) in [5.41, 5.74) is 0.185. The molecule has 0 atom stereocenters. The Morgan fingerprint density at radius 2 is 0.917 bits per heavy atom. The van der Waals surface area contributed by atoms with Gasteiger partial charge in [-0.25, -0.2) is 0 Å². The van der Waals surface area contributed by atoms with Gasteiger partial charge in [-0.3, -0.25) is 0 Å². The van der Waals surface area contributed by atoms with E-state index in [4.69, 9.17) is 16.5 Å². The molecule has 4 nitrogen and oxygen atoms in total. The van der Waals surface area contributed by atoms with Gasteiger partial charge in [-0.05, 0) is 76.9 Å². The van der Waals surface area contributed by atoms with Crippen molar-refractivity contribution in [2.75, 3.05) is 0 Å². The molecule has 0 heterocycles. The molecule has 0 radical (unpaired) electrons. The fraction of sp³-hybridized carbons (Fsp3) is 1.00. The first-order valence-electron chi connectivity index (χ1n) is 8.96. The summed E-state index contributed by atoms with van der Waals surface area (Å²) in [4.78, 5) is 0. The van der Waals surface area contributed by atoms with E-state index >= 15 is 0 Å². The molecule has 0 aliphatic rings. The minimum Gasteiger partial charge on any atom is -0.437 e. The van der Waals surface area contributed by atoms with Crippen LogP contribution in [0.4, 0.5) is 0 Å². The van der Waals surface area contributed by atoms with Crippen LogP contribution in [0.25, 0.3) is 0 Å². The second-order valence-corrected chi connectivity index (χ2v) is 29.5. The van der Waals surface area contributed by atoms with Gasteiger partial charge in [0.05, 0.1) is 0 Å². The molecule has 0 aromatic heterocycles. The predicted molar refractivity (Wildman–Crippen MR) is 117 cm³/mol. The third-order valence-electron chi connectivity index (χ3n) is 2.71. The summed E-state index contributed by atoms with van der Waals surface area (Å²) in [6.45, 7) is 28.7. The smallest absolute Gasteiger partial charge is 0.312 e. The highest BCUT2D eigenvalue weighted by molar-refractivity contribution is 6.86. The third-order valence-corrected chi connectivity index (χ3v) is 19.7. The lowest BCUT2D eigenvalue weighted by Gasteiger charge is -2.39. The Morgan fingerprint density at radius 1 is 0.625 bits per heavy atom. The number of rotatable bonds is 9. The van der Waals surface area contributed by atoms with E-state index in [0.29, 0.717) is 0 Å². The lowest BCUT2D eigenvalue weighted by atomic mass is 10.0. The van der Waals surface area contributed by atoms with Gasteiger partial charge in [-0.1, -0.05) is 20.8 Å². The van der Waals surface area contributed by atoms with Crippen molar-refractivity contribution in [2.45, 2.75) is 92.3 Å². The van der Waals surface area contributed by atoms with Crippen molar-refractivity contribution in [3.8, 4) is 0 Å². The van der Waals surface area contributed by atoms with Crippen molar-refractivity contribution in [3.63, 3.8) is 0 Å². The van der Waals surface area contributed by atoms with Gasteiger partial charge in [0, 0.05) is 0 Å². The Bertz CT molecular complexity index is 364. The van der Waals surface area contributed by atoms with Crippen molar-refractivity contribution in [1.29, 1.82) is 0 Å². The molecule has 0 unspecified atom stereocenters. The largest absolute Gasteiger partial charge is 0.437 e. The van der Waals surface area contributed by atoms with E-state index in [0.717, 1.165) is 6.04 Å². The Labute approximate surface area is 157 Å². The molecule has 0 bridgehead atoms. The van der Waals surface area contributed by atoms with Gasteiger partial charge in [0.2, 0.25) is 0 Å². The molecular formula is C15H42O4Si5. The van der Waals surface area contributed by atoms with Crippen LogP contribution >= 0.6 is 0 Å². The van der Waals surface area contributed by atoms with E-state index in [1.165, 1.54) is 0 Å². The fourth-order valence-corrected chi connectivity index (χ4v) is 23.2. The van der Waals surface area contributed by atoms with E-state index < -0.39 is 43.0 Å². The second kappa shape index (κ2) is 8.30. The molecule has 0 aromatic carbocycles. The molecule has 0 rings (SSSR count). The minimum absolute atomic E-state index is 0.185. The summed E-state index contributed by atoms with van der Waals surface area (Å²) in [5, 5.41) is 0. The summed E-state index contributed by atoms with van der Waals surface area (Å²) >= 11 is 0.